The molecule has 112 valence electrons. The van der Waals surface area contributed by atoms with E-state index >= 15 is 0 Å². The molecule has 2 aromatic carbocycles. The van der Waals surface area contributed by atoms with Crippen molar-refractivity contribution in [3.63, 3.8) is 0 Å². The molecule has 1 nitrogen and oxygen atoms in total. The topological polar surface area (TPSA) is 26.0 Å². The van der Waals surface area contributed by atoms with Crippen molar-refractivity contribution in [1.29, 1.82) is 0 Å². The highest BCUT2D eigenvalue weighted by atomic mass is 14.7. The molecule has 2 aromatic rings. The van der Waals surface area contributed by atoms with E-state index in [9.17, 15) is 0 Å². The fraction of sp³-hybridized carbons (Fsp3) is 0.400. The number of hydrogen-bond acceptors (Lipinski definition) is 1. The number of benzene rings is 2. The first-order valence-electron chi connectivity index (χ1n) is 7.76. The van der Waals surface area contributed by atoms with Crippen molar-refractivity contribution in [1.82, 2.24) is 0 Å². The lowest BCUT2D eigenvalue weighted by Gasteiger charge is -2.29. The third kappa shape index (κ3) is 3.54. The van der Waals surface area contributed by atoms with E-state index in [4.69, 9.17) is 5.73 Å². The summed E-state index contributed by atoms with van der Waals surface area (Å²) in [6, 6.07) is 15.3. The van der Waals surface area contributed by atoms with E-state index in [0.717, 1.165) is 6.42 Å². The van der Waals surface area contributed by atoms with Crippen LogP contribution in [0.25, 0.3) is 0 Å². The Balaban J connectivity index is 2.45. The van der Waals surface area contributed by atoms with Crippen molar-refractivity contribution in [3.05, 3.63) is 70.3 Å². The van der Waals surface area contributed by atoms with Crippen LogP contribution in [0.4, 0.5) is 0 Å². The van der Waals surface area contributed by atoms with Crippen LogP contribution >= 0.6 is 0 Å². The molecular weight excluding hydrogens is 254 g/mol. The molecule has 0 aliphatic rings. The molecule has 0 saturated carbocycles. The zero-order valence-electron chi connectivity index (χ0n) is 13.9. The summed E-state index contributed by atoms with van der Waals surface area (Å²) in [4.78, 5) is 0. The standard InChI is InChI=1S/C20H27N/c1-14(2)11-17-7-6-8-18(13-17)20(5,21)19-12-15(3)9-10-16(19)4/h6-10,12-14H,11,21H2,1-5H3. The zero-order chi connectivity index (χ0) is 15.6. The predicted molar refractivity (Wildman–Crippen MR) is 91.5 cm³/mol. The van der Waals surface area contributed by atoms with Crippen LogP contribution in [0, 0.1) is 19.8 Å². The maximum absolute atomic E-state index is 6.73. The zero-order valence-corrected chi connectivity index (χ0v) is 13.9. The van der Waals surface area contributed by atoms with E-state index in [1.54, 1.807) is 0 Å². The van der Waals surface area contributed by atoms with Crippen LogP contribution in [0.1, 0.15) is 48.6 Å². The SMILES string of the molecule is Cc1ccc(C)c(C(C)(N)c2cccc(CC(C)C)c2)c1. The summed E-state index contributed by atoms with van der Waals surface area (Å²) in [7, 11) is 0. The molecule has 0 aliphatic heterocycles. The van der Waals surface area contributed by atoms with Crippen LogP contribution in [-0.2, 0) is 12.0 Å². The summed E-state index contributed by atoms with van der Waals surface area (Å²) in [6.45, 7) is 10.9. The molecule has 0 heterocycles. The monoisotopic (exact) mass is 281 g/mol. The van der Waals surface area contributed by atoms with Crippen LogP contribution in [-0.4, -0.2) is 0 Å². The van der Waals surface area contributed by atoms with Gasteiger partial charge in [0, 0.05) is 0 Å². The normalized spacial score (nSPS) is 14.2. The van der Waals surface area contributed by atoms with Gasteiger partial charge in [0.05, 0.1) is 5.54 Å². The molecule has 2 N–H and O–H groups in total. The van der Waals surface area contributed by atoms with E-state index in [0.29, 0.717) is 5.92 Å². The van der Waals surface area contributed by atoms with Gasteiger partial charge in [-0.15, -0.1) is 0 Å². The van der Waals surface area contributed by atoms with Gasteiger partial charge in [0.2, 0.25) is 0 Å². The average Bonchev–Trinajstić information content (AvgIpc) is 2.41. The van der Waals surface area contributed by atoms with Gasteiger partial charge in [0.1, 0.15) is 0 Å². The van der Waals surface area contributed by atoms with Crippen LogP contribution < -0.4 is 5.73 Å². The molecule has 0 amide bonds. The van der Waals surface area contributed by atoms with Crippen LogP contribution in [0.3, 0.4) is 0 Å². The smallest absolute Gasteiger partial charge is 0.0639 e. The number of hydrogen-bond donors (Lipinski definition) is 1. The molecule has 21 heavy (non-hydrogen) atoms. The summed E-state index contributed by atoms with van der Waals surface area (Å²) in [5.74, 6) is 0.657. The molecule has 1 atom stereocenters. The Morgan fingerprint density at radius 3 is 2.43 bits per heavy atom. The van der Waals surface area contributed by atoms with E-state index < -0.39 is 5.54 Å². The molecule has 0 spiro atoms. The predicted octanol–water partition coefficient (Wildman–Crippen LogP) is 4.72. The summed E-state index contributed by atoms with van der Waals surface area (Å²) in [5, 5.41) is 0. The Morgan fingerprint density at radius 2 is 1.76 bits per heavy atom. The summed E-state index contributed by atoms with van der Waals surface area (Å²) in [5.41, 5.74) is 12.5. The first kappa shape index (κ1) is 15.8. The number of nitrogens with two attached hydrogens (primary N) is 1. The van der Waals surface area contributed by atoms with Crippen LogP contribution in [0.2, 0.25) is 0 Å². The third-order valence-corrected chi connectivity index (χ3v) is 4.12. The quantitative estimate of drug-likeness (QED) is 0.862. The Bertz CT molecular complexity index is 623. The van der Waals surface area contributed by atoms with Gasteiger partial charge in [-0.25, -0.2) is 0 Å². The van der Waals surface area contributed by atoms with Crippen molar-refractivity contribution in [2.75, 3.05) is 0 Å². The molecular formula is C20H27N. The van der Waals surface area contributed by atoms with Crippen molar-refractivity contribution in [2.24, 2.45) is 11.7 Å². The van der Waals surface area contributed by atoms with Crippen molar-refractivity contribution in [3.8, 4) is 0 Å². The molecule has 1 heteroatoms. The molecule has 0 bridgehead atoms. The molecule has 0 radical (unpaired) electrons. The number of rotatable bonds is 4. The van der Waals surface area contributed by atoms with E-state index in [1.807, 2.05) is 0 Å². The Hall–Kier alpha value is -1.60. The fourth-order valence-corrected chi connectivity index (χ4v) is 2.94. The van der Waals surface area contributed by atoms with Gasteiger partial charge in [-0.3, -0.25) is 0 Å². The van der Waals surface area contributed by atoms with Crippen LogP contribution in [0.5, 0.6) is 0 Å². The maximum atomic E-state index is 6.73. The van der Waals surface area contributed by atoms with Gasteiger partial charge in [-0.05, 0) is 55.4 Å². The van der Waals surface area contributed by atoms with Gasteiger partial charge < -0.3 is 5.73 Å². The van der Waals surface area contributed by atoms with Gasteiger partial charge in [0.25, 0.3) is 0 Å². The third-order valence-electron chi connectivity index (χ3n) is 4.12. The first-order valence-corrected chi connectivity index (χ1v) is 7.76. The minimum absolute atomic E-state index is 0.455. The second-order valence-corrected chi connectivity index (χ2v) is 6.82. The number of aryl methyl sites for hydroxylation is 2. The summed E-state index contributed by atoms with van der Waals surface area (Å²) >= 11 is 0. The van der Waals surface area contributed by atoms with Crippen LogP contribution in [0.15, 0.2) is 42.5 Å². The lowest BCUT2D eigenvalue weighted by atomic mass is 9.81. The summed E-state index contributed by atoms with van der Waals surface area (Å²) in [6.07, 6.45) is 1.09. The van der Waals surface area contributed by atoms with Gasteiger partial charge >= 0.3 is 0 Å². The Kier molecular flexibility index (Phi) is 4.53. The Labute approximate surface area is 129 Å². The minimum atomic E-state index is -0.455. The van der Waals surface area contributed by atoms with E-state index in [2.05, 4.69) is 77.1 Å². The van der Waals surface area contributed by atoms with Gasteiger partial charge in [-0.2, -0.15) is 0 Å². The van der Waals surface area contributed by atoms with Gasteiger partial charge in [0.15, 0.2) is 0 Å². The van der Waals surface area contributed by atoms with Gasteiger partial charge in [-0.1, -0.05) is 61.9 Å². The van der Waals surface area contributed by atoms with Crippen molar-refractivity contribution < 1.29 is 0 Å². The van der Waals surface area contributed by atoms with E-state index in [1.165, 1.54) is 27.8 Å². The molecule has 2 rings (SSSR count). The fourth-order valence-electron chi connectivity index (χ4n) is 2.94. The van der Waals surface area contributed by atoms with Crippen molar-refractivity contribution >= 4 is 0 Å². The molecule has 0 aliphatic carbocycles. The lowest BCUT2D eigenvalue weighted by molar-refractivity contribution is 0.593. The minimum Gasteiger partial charge on any atom is -0.318 e. The second-order valence-electron chi connectivity index (χ2n) is 6.82. The highest BCUT2D eigenvalue weighted by molar-refractivity contribution is 5.44. The van der Waals surface area contributed by atoms with E-state index in [-0.39, 0.29) is 0 Å². The maximum Gasteiger partial charge on any atom is 0.0639 e. The molecule has 0 saturated heterocycles. The second kappa shape index (κ2) is 6.03. The first-order chi connectivity index (χ1) is 9.80. The summed E-state index contributed by atoms with van der Waals surface area (Å²) < 4.78 is 0. The largest absolute Gasteiger partial charge is 0.318 e. The highest BCUT2D eigenvalue weighted by Crippen LogP contribution is 2.30. The lowest BCUT2D eigenvalue weighted by Crippen LogP contribution is -2.35. The highest BCUT2D eigenvalue weighted by Gasteiger charge is 2.25. The molecule has 0 fully saturated rings. The Morgan fingerprint density at radius 1 is 1.05 bits per heavy atom. The molecule has 0 aromatic heterocycles. The molecule has 1 unspecified atom stereocenters. The average molecular weight is 281 g/mol. The van der Waals surface area contributed by atoms with Crippen molar-refractivity contribution in [2.45, 2.75) is 46.6 Å².